The van der Waals surface area contributed by atoms with Crippen molar-refractivity contribution in [3.8, 4) is 0 Å². The summed E-state index contributed by atoms with van der Waals surface area (Å²) in [7, 11) is 0. The molecule has 0 N–H and O–H groups in total. The Bertz CT molecular complexity index is 216. The summed E-state index contributed by atoms with van der Waals surface area (Å²) in [5, 5.41) is 0. The SMILES string of the molecule is CC.CCc1cc(F)nc(F)c1. The minimum absolute atomic E-state index is 0.621. The zero-order valence-electron chi connectivity index (χ0n) is 7.56. The van der Waals surface area contributed by atoms with Gasteiger partial charge in [0.15, 0.2) is 0 Å². The Kier molecular flexibility index (Phi) is 5.17. The predicted molar refractivity (Wildman–Crippen MR) is 44.9 cm³/mol. The first-order valence-corrected chi connectivity index (χ1v) is 4.04. The third kappa shape index (κ3) is 3.42. The third-order valence-electron chi connectivity index (χ3n) is 1.23. The molecule has 0 radical (unpaired) electrons. The van der Waals surface area contributed by atoms with E-state index in [1.807, 2.05) is 20.8 Å². The normalized spacial score (nSPS) is 8.75. The van der Waals surface area contributed by atoms with Gasteiger partial charge < -0.3 is 0 Å². The molecule has 0 aliphatic heterocycles. The number of rotatable bonds is 1. The first-order chi connectivity index (χ1) is 5.72. The van der Waals surface area contributed by atoms with E-state index in [-0.39, 0.29) is 0 Å². The number of hydrogen-bond donors (Lipinski definition) is 0. The second kappa shape index (κ2) is 5.63. The molecule has 0 spiro atoms. The van der Waals surface area contributed by atoms with Crippen LogP contribution >= 0.6 is 0 Å². The third-order valence-corrected chi connectivity index (χ3v) is 1.23. The van der Waals surface area contributed by atoms with Crippen molar-refractivity contribution in [2.24, 2.45) is 0 Å². The minimum atomic E-state index is -0.753. The number of aromatic nitrogens is 1. The molecular weight excluding hydrogens is 160 g/mol. The predicted octanol–water partition coefficient (Wildman–Crippen LogP) is 2.95. The van der Waals surface area contributed by atoms with Crippen LogP contribution in [0.5, 0.6) is 0 Å². The fourth-order valence-corrected chi connectivity index (χ4v) is 0.718. The molecular formula is C9H13F2N. The molecule has 3 heteroatoms. The van der Waals surface area contributed by atoms with Crippen LogP contribution in [0.2, 0.25) is 0 Å². The monoisotopic (exact) mass is 173 g/mol. The Labute approximate surface area is 71.4 Å². The molecule has 0 fully saturated rings. The van der Waals surface area contributed by atoms with E-state index in [0.717, 1.165) is 0 Å². The zero-order chi connectivity index (χ0) is 9.56. The smallest absolute Gasteiger partial charge is 0.191 e. The van der Waals surface area contributed by atoms with E-state index in [9.17, 15) is 8.78 Å². The van der Waals surface area contributed by atoms with Crippen LogP contribution in [0.3, 0.4) is 0 Å². The van der Waals surface area contributed by atoms with E-state index >= 15 is 0 Å². The summed E-state index contributed by atoms with van der Waals surface area (Å²) in [4.78, 5) is 2.95. The van der Waals surface area contributed by atoms with Crippen LogP contribution in [0.1, 0.15) is 26.3 Å². The molecule has 1 aromatic rings. The van der Waals surface area contributed by atoms with Crippen molar-refractivity contribution >= 4 is 0 Å². The summed E-state index contributed by atoms with van der Waals surface area (Å²) in [5.41, 5.74) is 0.630. The molecule has 0 saturated carbocycles. The highest BCUT2D eigenvalue weighted by atomic mass is 19.1. The van der Waals surface area contributed by atoms with Gasteiger partial charge in [0.05, 0.1) is 0 Å². The summed E-state index contributed by atoms with van der Waals surface area (Å²) in [6, 6.07) is 2.45. The van der Waals surface area contributed by atoms with Gasteiger partial charge in [-0.3, -0.25) is 0 Å². The summed E-state index contributed by atoms with van der Waals surface area (Å²) in [6.07, 6.45) is 0.621. The van der Waals surface area contributed by atoms with Crippen molar-refractivity contribution in [1.29, 1.82) is 0 Å². The lowest BCUT2D eigenvalue weighted by Gasteiger charge is -1.94. The molecule has 0 bridgehead atoms. The average Bonchev–Trinajstić information content (AvgIpc) is 2.06. The molecule has 0 atom stereocenters. The van der Waals surface area contributed by atoms with Gasteiger partial charge in [-0.05, 0) is 24.1 Å². The lowest BCUT2D eigenvalue weighted by Crippen LogP contribution is -1.91. The van der Waals surface area contributed by atoms with Gasteiger partial charge in [-0.25, -0.2) is 0 Å². The molecule has 1 heterocycles. The molecule has 1 rings (SSSR count). The molecule has 0 aromatic carbocycles. The molecule has 1 aromatic heterocycles. The first-order valence-electron chi connectivity index (χ1n) is 4.04. The molecule has 68 valence electrons. The average molecular weight is 173 g/mol. The molecule has 0 saturated heterocycles. The van der Waals surface area contributed by atoms with E-state index in [1.54, 1.807) is 0 Å². The first kappa shape index (κ1) is 11.0. The van der Waals surface area contributed by atoms with Crippen molar-refractivity contribution in [3.63, 3.8) is 0 Å². The topological polar surface area (TPSA) is 12.9 Å². The Hall–Kier alpha value is -0.990. The van der Waals surface area contributed by atoms with Gasteiger partial charge in [-0.2, -0.15) is 13.8 Å². The lowest BCUT2D eigenvalue weighted by molar-refractivity contribution is 0.510. The highest BCUT2D eigenvalue weighted by Crippen LogP contribution is 2.03. The lowest BCUT2D eigenvalue weighted by atomic mass is 10.2. The number of nitrogens with zero attached hydrogens (tertiary/aromatic N) is 1. The highest BCUT2D eigenvalue weighted by molar-refractivity contribution is 5.11. The van der Waals surface area contributed by atoms with Crippen LogP contribution in [0, 0.1) is 11.9 Å². The van der Waals surface area contributed by atoms with Crippen LogP contribution < -0.4 is 0 Å². The van der Waals surface area contributed by atoms with Crippen molar-refractivity contribution in [2.75, 3.05) is 0 Å². The van der Waals surface area contributed by atoms with Crippen LogP contribution in [0.4, 0.5) is 8.78 Å². The van der Waals surface area contributed by atoms with Gasteiger partial charge >= 0.3 is 0 Å². The molecule has 0 unspecified atom stereocenters. The second-order valence-electron chi connectivity index (χ2n) is 1.97. The highest BCUT2D eigenvalue weighted by Gasteiger charge is 1.98. The van der Waals surface area contributed by atoms with Gasteiger partial charge in [0, 0.05) is 0 Å². The molecule has 0 amide bonds. The van der Waals surface area contributed by atoms with E-state index in [2.05, 4.69) is 4.98 Å². The second-order valence-corrected chi connectivity index (χ2v) is 1.97. The zero-order valence-corrected chi connectivity index (χ0v) is 7.56. The number of hydrogen-bond acceptors (Lipinski definition) is 1. The summed E-state index contributed by atoms with van der Waals surface area (Å²) in [6.45, 7) is 5.83. The van der Waals surface area contributed by atoms with Gasteiger partial charge in [0.1, 0.15) is 0 Å². The Morgan fingerprint density at radius 3 is 1.92 bits per heavy atom. The van der Waals surface area contributed by atoms with Gasteiger partial charge in [0.25, 0.3) is 0 Å². The van der Waals surface area contributed by atoms with E-state index < -0.39 is 11.9 Å². The summed E-state index contributed by atoms with van der Waals surface area (Å²) in [5.74, 6) is -1.51. The quantitative estimate of drug-likeness (QED) is 0.595. The van der Waals surface area contributed by atoms with Crippen LogP contribution in [-0.2, 0) is 6.42 Å². The fourth-order valence-electron chi connectivity index (χ4n) is 0.718. The Balaban J connectivity index is 0.000000561. The molecule has 12 heavy (non-hydrogen) atoms. The van der Waals surface area contributed by atoms with Gasteiger partial charge in [0.2, 0.25) is 11.9 Å². The van der Waals surface area contributed by atoms with Crippen LogP contribution in [0.25, 0.3) is 0 Å². The van der Waals surface area contributed by atoms with Crippen molar-refractivity contribution < 1.29 is 8.78 Å². The summed E-state index contributed by atoms with van der Waals surface area (Å²) < 4.78 is 24.5. The van der Waals surface area contributed by atoms with E-state index in [1.165, 1.54) is 12.1 Å². The van der Waals surface area contributed by atoms with Gasteiger partial charge in [-0.15, -0.1) is 0 Å². The Morgan fingerprint density at radius 2 is 1.58 bits per heavy atom. The fraction of sp³-hybridized carbons (Fsp3) is 0.444. The minimum Gasteiger partial charge on any atom is -0.191 e. The largest absolute Gasteiger partial charge is 0.215 e. The van der Waals surface area contributed by atoms with E-state index in [4.69, 9.17) is 0 Å². The molecule has 0 aliphatic carbocycles. The summed E-state index contributed by atoms with van der Waals surface area (Å²) >= 11 is 0. The maximum absolute atomic E-state index is 12.3. The van der Waals surface area contributed by atoms with Crippen LogP contribution in [-0.4, -0.2) is 4.98 Å². The van der Waals surface area contributed by atoms with E-state index in [0.29, 0.717) is 12.0 Å². The maximum atomic E-state index is 12.3. The van der Waals surface area contributed by atoms with Crippen LogP contribution in [0.15, 0.2) is 12.1 Å². The van der Waals surface area contributed by atoms with Crippen molar-refractivity contribution in [2.45, 2.75) is 27.2 Å². The van der Waals surface area contributed by atoms with Gasteiger partial charge in [-0.1, -0.05) is 20.8 Å². The standard InChI is InChI=1S/C7H7F2N.C2H6/c1-2-5-3-6(8)10-7(9)4-5;1-2/h3-4H,2H2,1H3;1-2H3. The molecule has 1 nitrogen and oxygen atoms in total. The number of pyridine rings is 1. The number of halogens is 2. The van der Waals surface area contributed by atoms with Crippen molar-refractivity contribution in [1.82, 2.24) is 4.98 Å². The Morgan fingerprint density at radius 1 is 1.17 bits per heavy atom. The van der Waals surface area contributed by atoms with Crippen molar-refractivity contribution in [3.05, 3.63) is 29.6 Å². The maximum Gasteiger partial charge on any atom is 0.215 e. The number of aryl methyl sites for hydroxylation is 1. The molecule has 0 aliphatic rings.